The number of fused-ring (bicyclic) bond motifs is 1. The topological polar surface area (TPSA) is 52.6 Å². The molecule has 0 aromatic heterocycles. The first-order chi connectivity index (χ1) is 13.5. The van der Waals surface area contributed by atoms with Crippen molar-refractivity contribution in [1.29, 1.82) is 0 Å². The minimum atomic E-state index is -0.546. The van der Waals surface area contributed by atoms with Crippen molar-refractivity contribution in [2.45, 2.75) is 0 Å². The number of halogens is 2. The largest absolute Gasteiger partial charge is 0.452 e. The van der Waals surface area contributed by atoms with Crippen molar-refractivity contribution >= 4 is 45.4 Å². The molecule has 1 heterocycles. The molecule has 0 N–H and O–H groups in total. The third-order valence-corrected chi connectivity index (χ3v) is 5.06. The van der Waals surface area contributed by atoms with E-state index in [1.54, 1.807) is 36.4 Å². The van der Waals surface area contributed by atoms with Crippen molar-refractivity contribution in [2.24, 2.45) is 0 Å². The number of ketones is 1. The Kier molecular flexibility index (Phi) is 5.03. The number of esters is 1. The van der Waals surface area contributed by atoms with Gasteiger partial charge in [0.05, 0.1) is 11.1 Å². The maximum absolute atomic E-state index is 12.6. The van der Waals surface area contributed by atoms with Gasteiger partial charge >= 0.3 is 5.97 Å². The molecular weight excluding hydrogens is 444 g/mol. The maximum atomic E-state index is 12.6. The van der Waals surface area contributed by atoms with Gasteiger partial charge in [-0.15, -0.1) is 0 Å². The number of Topliss-reactive ketones (excluding diaryl/α,β-unsaturated/α-hetero) is 1. The Balaban J connectivity index is 1.57. The molecule has 0 atom stereocenters. The minimum Gasteiger partial charge on any atom is -0.452 e. The Morgan fingerprint density at radius 3 is 2.64 bits per heavy atom. The molecule has 0 fully saturated rings. The van der Waals surface area contributed by atoms with E-state index in [9.17, 15) is 9.59 Å². The smallest absolute Gasteiger partial charge is 0.343 e. The molecule has 0 amide bonds. The molecule has 4 rings (SSSR count). The number of rotatable bonds is 3. The van der Waals surface area contributed by atoms with E-state index in [1.165, 1.54) is 12.1 Å². The van der Waals surface area contributed by atoms with Crippen LogP contribution in [-0.4, -0.2) is 11.8 Å². The number of carbonyl (C=O) groups is 2. The molecule has 0 spiro atoms. The van der Waals surface area contributed by atoms with Gasteiger partial charge in [0.15, 0.2) is 5.76 Å². The lowest BCUT2D eigenvalue weighted by atomic mass is 10.1. The summed E-state index contributed by atoms with van der Waals surface area (Å²) in [6, 6.07) is 18.7. The van der Waals surface area contributed by atoms with Crippen LogP contribution in [-0.2, 0) is 0 Å². The average molecular weight is 456 g/mol. The third kappa shape index (κ3) is 3.72. The number of hydrogen-bond donors (Lipinski definition) is 0. The number of benzene rings is 3. The molecule has 1 aliphatic rings. The molecule has 138 valence electrons. The summed E-state index contributed by atoms with van der Waals surface area (Å²) in [5.41, 5.74) is 1.58. The predicted octanol–water partition coefficient (Wildman–Crippen LogP) is 5.94. The zero-order valence-electron chi connectivity index (χ0n) is 14.3. The lowest BCUT2D eigenvalue weighted by Crippen LogP contribution is -2.08. The Morgan fingerprint density at radius 2 is 1.86 bits per heavy atom. The van der Waals surface area contributed by atoms with Gasteiger partial charge in [0.25, 0.3) is 0 Å². The van der Waals surface area contributed by atoms with Crippen molar-refractivity contribution in [2.75, 3.05) is 0 Å². The van der Waals surface area contributed by atoms with E-state index in [4.69, 9.17) is 21.1 Å². The van der Waals surface area contributed by atoms with E-state index in [0.717, 1.165) is 10.0 Å². The highest BCUT2D eigenvalue weighted by Gasteiger charge is 2.28. The SMILES string of the molecule is O=C(Oc1ccc2c(c1)O/C(=C\c1ccccc1Br)C2=O)c1cccc(Cl)c1. The molecule has 0 bridgehead atoms. The maximum Gasteiger partial charge on any atom is 0.343 e. The molecule has 28 heavy (non-hydrogen) atoms. The van der Waals surface area contributed by atoms with Crippen LogP contribution < -0.4 is 9.47 Å². The highest BCUT2D eigenvalue weighted by Crippen LogP contribution is 2.35. The van der Waals surface area contributed by atoms with Gasteiger partial charge < -0.3 is 9.47 Å². The molecular formula is C22H12BrClO4. The number of ether oxygens (including phenoxy) is 2. The summed E-state index contributed by atoms with van der Waals surface area (Å²) in [4.78, 5) is 24.8. The molecule has 0 aliphatic carbocycles. The predicted molar refractivity (Wildman–Crippen MR) is 110 cm³/mol. The highest BCUT2D eigenvalue weighted by molar-refractivity contribution is 9.10. The van der Waals surface area contributed by atoms with Crippen molar-refractivity contribution in [1.82, 2.24) is 0 Å². The summed E-state index contributed by atoms with van der Waals surface area (Å²) in [6.45, 7) is 0. The molecule has 1 aliphatic heterocycles. The van der Waals surface area contributed by atoms with Crippen LogP contribution in [0.5, 0.6) is 11.5 Å². The van der Waals surface area contributed by atoms with Gasteiger partial charge in [0, 0.05) is 15.6 Å². The second-order valence-corrected chi connectivity index (χ2v) is 7.31. The van der Waals surface area contributed by atoms with Gasteiger partial charge in [-0.3, -0.25) is 4.79 Å². The summed E-state index contributed by atoms with van der Waals surface area (Å²) in [7, 11) is 0. The lowest BCUT2D eigenvalue weighted by Gasteiger charge is -2.06. The van der Waals surface area contributed by atoms with E-state index in [0.29, 0.717) is 21.9 Å². The molecule has 0 unspecified atom stereocenters. The van der Waals surface area contributed by atoms with Crippen molar-refractivity contribution in [3.63, 3.8) is 0 Å². The summed E-state index contributed by atoms with van der Waals surface area (Å²) >= 11 is 9.35. The fourth-order valence-corrected chi connectivity index (χ4v) is 3.34. The van der Waals surface area contributed by atoms with Crippen molar-refractivity contribution < 1.29 is 19.1 Å². The molecule has 6 heteroatoms. The first-order valence-electron chi connectivity index (χ1n) is 8.32. The molecule has 4 nitrogen and oxygen atoms in total. The molecule has 0 saturated heterocycles. The van der Waals surface area contributed by atoms with Crippen LogP contribution in [0.25, 0.3) is 6.08 Å². The van der Waals surface area contributed by atoms with Gasteiger partial charge in [-0.1, -0.05) is 51.8 Å². The zero-order chi connectivity index (χ0) is 19.7. The lowest BCUT2D eigenvalue weighted by molar-refractivity contribution is 0.0734. The van der Waals surface area contributed by atoms with Gasteiger partial charge in [-0.25, -0.2) is 4.79 Å². The Bertz CT molecular complexity index is 1140. The van der Waals surface area contributed by atoms with Gasteiger partial charge in [-0.05, 0) is 48.0 Å². The summed E-state index contributed by atoms with van der Waals surface area (Å²) in [6.07, 6.45) is 1.67. The van der Waals surface area contributed by atoms with Gasteiger partial charge in [-0.2, -0.15) is 0 Å². The molecule has 0 saturated carbocycles. The van der Waals surface area contributed by atoms with Crippen LogP contribution in [0.4, 0.5) is 0 Å². The average Bonchev–Trinajstić information content (AvgIpc) is 2.98. The molecule has 3 aromatic rings. The van der Waals surface area contributed by atoms with Crippen LogP contribution in [0.2, 0.25) is 5.02 Å². The van der Waals surface area contributed by atoms with Gasteiger partial charge in [0.2, 0.25) is 5.78 Å². The summed E-state index contributed by atoms with van der Waals surface area (Å²) in [5.74, 6) is 0.0628. The van der Waals surface area contributed by atoms with Gasteiger partial charge in [0.1, 0.15) is 11.5 Å². The summed E-state index contributed by atoms with van der Waals surface area (Å²) in [5, 5.41) is 0.444. The standard InChI is InChI=1S/C22H12BrClO4/c23-18-7-2-1-4-13(18)11-20-21(25)17-9-8-16(12-19(17)28-20)27-22(26)14-5-3-6-15(24)10-14/h1-12H/b20-11-. The normalized spacial score (nSPS) is 13.9. The quantitative estimate of drug-likeness (QED) is 0.279. The van der Waals surface area contributed by atoms with E-state index in [-0.39, 0.29) is 17.3 Å². The highest BCUT2D eigenvalue weighted by atomic mass is 79.9. The van der Waals surface area contributed by atoms with Crippen LogP contribution in [0, 0.1) is 0 Å². The fraction of sp³-hybridized carbons (Fsp3) is 0. The Labute approximate surface area is 174 Å². The summed E-state index contributed by atoms with van der Waals surface area (Å²) < 4.78 is 11.9. The Hall–Kier alpha value is -2.89. The first-order valence-corrected chi connectivity index (χ1v) is 9.49. The number of carbonyl (C=O) groups excluding carboxylic acids is 2. The monoisotopic (exact) mass is 454 g/mol. The fourth-order valence-electron chi connectivity index (χ4n) is 2.75. The van der Waals surface area contributed by atoms with E-state index in [2.05, 4.69) is 15.9 Å². The second-order valence-electron chi connectivity index (χ2n) is 6.02. The van der Waals surface area contributed by atoms with E-state index >= 15 is 0 Å². The van der Waals surface area contributed by atoms with E-state index in [1.807, 2.05) is 24.3 Å². The minimum absolute atomic E-state index is 0.209. The van der Waals surface area contributed by atoms with Crippen LogP contribution in [0.3, 0.4) is 0 Å². The number of allylic oxidation sites excluding steroid dienone is 1. The van der Waals surface area contributed by atoms with Crippen molar-refractivity contribution in [3.05, 3.63) is 98.7 Å². The van der Waals surface area contributed by atoms with Crippen LogP contribution in [0.15, 0.2) is 77.0 Å². The third-order valence-electron chi connectivity index (χ3n) is 4.10. The number of hydrogen-bond acceptors (Lipinski definition) is 4. The molecule has 0 radical (unpaired) electrons. The van der Waals surface area contributed by atoms with Crippen molar-refractivity contribution in [3.8, 4) is 11.5 Å². The van der Waals surface area contributed by atoms with E-state index < -0.39 is 5.97 Å². The van der Waals surface area contributed by atoms with Crippen LogP contribution in [0.1, 0.15) is 26.3 Å². The second kappa shape index (κ2) is 7.62. The Morgan fingerprint density at radius 1 is 1.04 bits per heavy atom. The molecule has 3 aromatic carbocycles. The first kappa shape index (κ1) is 18.5. The van der Waals surface area contributed by atoms with Crippen LogP contribution >= 0.6 is 27.5 Å². The zero-order valence-corrected chi connectivity index (χ0v) is 16.7.